The Morgan fingerprint density at radius 3 is 2.42 bits per heavy atom. The Hall–Kier alpha value is -0.380. The maximum absolute atomic E-state index is 5.91. The zero-order valence-electron chi connectivity index (χ0n) is 11.8. The van der Waals surface area contributed by atoms with Gasteiger partial charge < -0.3 is 10.6 Å². The molecule has 0 spiro atoms. The van der Waals surface area contributed by atoms with E-state index < -0.39 is 0 Å². The lowest BCUT2D eigenvalue weighted by atomic mass is 9.79. The van der Waals surface area contributed by atoms with Crippen molar-refractivity contribution in [3.63, 3.8) is 0 Å². The Morgan fingerprint density at radius 2 is 1.79 bits per heavy atom. The van der Waals surface area contributed by atoms with Gasteiger partial charge in [0.25, 0.3) is 0 Å². The lowest BCUT2D eigenvalue weighted by Gasteiger charge is -2.33. The van der Waals surface area contributed by atoms with Gasteiger partial charge in [0.15, 0.2) is 0 Å². The molecule has 2 nitrogen and oxygen atoms in total. The topological polar surface area (TPSA) is 29.3 Å². The van der Waals surface area contributed by atoms with Crippen molar-refractivity contribution < 1.29 is 0 Å². The van der Waals surface area contributed by atoms with Crippen molar-refractivity contribution in [3.8, 4) is 0 Å². The molecular formula is C16H25BrN2. The molecule has 106 valence electrons. The average molecular weight is 325 g/mol. The molecule has 1 aliphatic carbocycles. The van der Waals surface area contributed by atoms with E-state index in [1.54, 1.807) is 0 Å². The van der Waals surface area contributed by atoms with Gasteiger partial charge in [-0.15, -0.1) is 0 Å². The van der Waals surface area contributed by atoms with Crippen molar-refractivity contribution in [2.45, 2.75) is 32.2 Å². The van der Waals surface area contributed by atoms with Gasteiger partial charge in [0.2, 0.25) is 0 Å². The summed E-state index contributed by atoms with van der Waals surface area (Å²) in [5.74, 6) is 1.53. The molecule has 1 aromatic carbocycles. The van der Waals surface area contributed by atoms with E-state index in [0.29, 0.717) is 0 Å². The molecule has 0 bridgehead atoms. The van der Waals surface area contributed by atoms with E-state index in [1.165, 1.54) is 37.8 Å². The molecule has 2 N–H and O–H groups in total. The number of nitrogens with zero attached hydrogens (tertiary/aromatic N) is 1. The van der Waals surface area contributed by atoms with Crippen LogP contribution < -0.4 is 5.73 Å². The summed E-state index contributed by atoms with van der Waals surface area (Å²) in [6.07, 6.45) is 5.43. The molecule has 1 aromatic rings. The summed E-state index contributed by atoms with van der Waals surface area (Å²) in [5.41, 5.74) is 7.30. The van der Waals surface area contributed by atoms with Crippen LogP contribution in [0.3, 0.4) is 0 Å². The summed E-state index contributed by atoms with van der Waals surface area (Å²) in [6, 6.07) is 8.63. The highest BCUT2D eigenvalue weighted by molar-refractivity contribution is 9.10. The third-order valence-corrected chi connectivity index (χ3v) is 4.81. The predicted molar refractivity (Wildman–Crippen MR) is 85.0 cm³/mol. The van der Waals surface area contributed by atoms with Crippen LogP contribution in [-0.2, 0) is 6.54 Å². The minimum absolute atomic E-state index is 0.737. The van der Waals surface area contributed by atoms with E-state index in [1.807, 2.05) is 0 Å². The van der Waals surface area contributed by atoms with E-state index >= 15 is 0 Å². The van der Waals surface area contributed by atoms with Crippen LogP contribution in [0.1, 0.15) is 31.2 Å². The molecule has 0 saturated heterocycles. The lowest BCUT2D eigenvalue weighted by Crippen LogP contribution is -2.35. The average Bonchev–Trinajstić information content (AvgIpc) is 2.42. The van der Waals surface area contributed by atoms with Gasteiger partial charge in [-0.3, -0.25) is 0 Å². The fourth-order valence-corrected chi connectivity index (χ4v) is 3.47. The van der Waals surface area contributed by atoms with Crippen molar-refractivity contribution in [1.82, 2.24) is 4.90 Å². The summed E-state index contributed by atoms with van der Waals surface area (Å²) < 4.78 is 1.15. The lowest BCUT2D eigenvalue weighted by molar-refractivity contribution is 0.170. The highest BCUT2D eigenvalue weighted by Crippen LogP contribution is 2.30. The third kappa shape index (κ3) is 4.59. The number of hydrogen-bond donors (Lipinski definition) is 1. The Morgan fingerprint density at radius 1 is 1.16 bits per heavy atom. The first kappa shape index (κ1) is 15.0. The maximum Gasteiger partial charge on any atom is 0.0230 e. The number of hydrogen-bond acceptors (Lipinski definition) is 2. The zero-order chi connectivity index (χ0) is 13.7. The van der Waals surface area contributed by atoms with Crippen LogP contribution in [0.2, 0.25) is 0 Å². The van der Waals surface area contributed by atoms with E-state index in [9.17, 15) is 0 Å². The van der Waals surface area contributed by atoms with Crippen LogP contribution >= 0.6 is 15.9 Å². The second-order valence-corrected chi connectivity index (χ2v) is 6.78. The van der Waals surface area contributed by atoms with Gasteiger partial charge in [-0.2, -0.15) is 0 Å². The molecule has 2 unspecified atom stereocenters. The minimum Gasteiger partial charge on any atom is -0.330 e. The molecule has 0 radical (unpaired) electrons. The van der Waals surface area contributed by atoms with Gasteiger partial charge in [-0.25, -0.2) is 0 Å². The first-order chi connectivity index (χ1) is 9.19. The monoisotopic (exact) mass is 324 g/mol. The first-order valence-corrected chi connectivity index (χ1v) is 8.11. The van der Waals surface area contributed by atoms with Gasteiger partial charge >= 0.3 is 0 Å². The maximum atomic E-state index is 5.91. The Kier molecular flexibility index (Phi) is 5.86. The molecule has 1 saturated carbocycles. The molecule has 3 heteroatoms. The molecule has 0 heterocycles. The minimum atomic E-state index is 0.737. The van der Waals surface area contributed by atoms with Gasteiger partial charge in [0.1, 0.15) is 0 Å². The Labute approximate surface area is 125 Å². The molecule has 2 atom stereocenters. The molecule has 0 amide bonds. The van der Waals surface area contributed by atoms with Crippen molar-refractivity contribution in [1.29, 1.82) is 0 Å². The zero-order valence-corrected chi connectivity index (χ0v) is 13.4. The third-order valence-electron chi connectivity index (χ3n) is 4.28. The second kappa shape index (κ2) is 7.41. The normalized spacial score (nSPS) is 23.8. The molecular weight excluding hydrogens is 300 g/mol. The Balaban J connectivity index is 1.86. The van der Waals surface area contributed by atoms with E-state index in [-0.39, 0.29) is 0 Å². The summed E-state index contributed by atoms with van der Waals surface area (Å²) in [5, 5.41) is 0. The fourth-order valence-electron chi connectivity index (χ4n) is 3.20. The summed E-state index contributed by atoms with van der Waals surface area (Å²) in [6.45, 7) is 3.07. The van der Waals surface area contributed by atoms with Crippen LogP contribution in [-0.4, -0.2) is 25.0 Å². The quantitative estimate of drug-likeness (QED) is 0.895. The molecule has 1 fully saturated rings. The van der Waals surface area contributed by atoms with Gasteiger partial charge in [0.05, 0.1) is 0 Å². The summed E-state index contributed by atoms with van der Waals surface area (Å²) >= 11 is 3.48. The number of halogens is 1. The van der Waals surface area contributed by atoms with E-state index in [2.05, 4.69) is 52.1 Å². The first-order valence-electron chi connectivity index (χ1n) is 7.32. The van der Waals surface area contributed by atoms with Crippen LogP contribution in [0.25, 0.3) is 0 Å². The highest BCUT2D eigenvalue weighted by Gasteiger charge is 2.24. The van der Waals surface area contributed by atoms with Crippen molar-refractivity contribution in [3.05, 3.63) is 34.3 Å². The van der Waals surface area contributed by atoms with E-state index in [0.717, 1.165) is 29.4 Å². The SMILES string of the molecule is CN(Cc1ccc(Br)cc1)CC1CCCCC1CN. The molecule has 1 aliphatic rings. The number of rotatable bonds is 5. The van der Waals surface area contributed by atoms with Crippen LogP contribution in [0.4, 0.5) is 0 Å². The second-order valence-electron chi connectivity index (χ2n) is 5.86. The van der Waals surface area contributed by atoms with Crippen molar-refractivity contribution >= 4 is 15.9 Å². The molecule has 2 rings (SSSR count). The highest BCUT2D eigenvalue weighted by atomic mass is 79.9. The van der Waals surface area contributed by atoms with Crippen molar-refractivity contribution in [2.75, 3.05) is 20.1 Å². The predicted octanol–water partition coefficient (Wildman–Crippen LogP) is 3.65. The standard InChI is InChI=1S/C16H25BrN2/c1-19(11-13-6-8-16(17)9-7-13)12-15-5-3-2-4-14(15)10-18/h6-9,14-15H,2-5,10-12,18H2,1H3. The van der Waals surface area contributed by atoms with Crippen molar-refractivity contribution in [2.24, 2.45) is 17.6 Å². The van der Waals surface area contributed by atoms with Gasteiger partial charge in [-0.1, -0.05) is 40.9 Å². The van der Waals surface area contributed by atoms with Crippen LogP contribution in [0.5, 0.6) is 0 Å². The molecule has 0 aliphatic heterocycles. The van der Waals surface area contributed by atoms with Crippen LogP contribution in [0.15, 0.2) is 28.7 Å². The van der Waals surface area contributed by atoms with Gasteiger partial charge in [0, 0.05) is 17.6 Å². The number of benzene rings is 1. The van der Waals surface area contributed by atoms with Crippen LogP contribution in [0, 0.1) is 11.8 Å². The molecule has 0 aromatic heterocycles. The summed E-state index contributed by atoms with van der Waals surface area (Å²) in [7, 11) is 2.23. The molecule has 19 heavy (non-hydrogen) atoms. The Bertz CT molecular complexity index is 377. The number of nitrogens with two attached hydrogens (primary N) is 1. The fraction of sp³-hybridized carbons (Fsp3) is 0.625. The largest absolute Gasteiger partial charge is 0.330 e. The smallest absolute Gasteiger partial charge is 0.0230 e. The van der Waals surface area contributed by atoms with E-state index in [4.69, 9.17) is 5.73 Å². The van der Waals surface area contributed by atoms with Gasteiger partial charge in [-0.05, 0) is 56.0 Å². The summed E-state index contributed by atoms with van der Waals surface area (Å²) in [4.78, 5) is 2.45.